The molecule has 0 atom stereocenters. The molecule has 76 valence electrons. The summed E-state index contributed by atoms with van der Waals surface area (Å²) < 4.78 is 5.25. The normalized spacial score (nSPS) is 19.8. The third kappa shape index (κ3) is 5.26. The fourth-order valence-electron chi connectivity index (χ4n) is 1.29. The van der Waals surface area contributed by atoms with Crippen LogP contribution in [0.4, 0.5) is 0 Å². The Morgan fingerprint density at radius 2 is 2.15 bits per heavy atom. The molecule has 1 fully saturated rings. The van der Waals surface area contributed by atoms with Crippen LogP contribution in [0.2, 0.25) is 0 Å². The molecule has 0 spiro atoms. The quantitative estimate of drug-likeness (QED) is 0.666. The summed E-state index contributed by atoms with van der Waals surface area (Å²) in [6, 6.07) is 0. The van der Waals surface area contributed by atoms with Gasteiger partial charge >= 0.3 is 0 Å². The number of nitrogens with zero attached hydrogens (tertiary/aromatic N) is 1. The molecule has 1 saturated heterocycles. The largest absolute Gasteiger partial charge is 0.379 e. The number of hydrogen-bond donors (Lipinski definition) is 1. The van der Waals surface area contributed by atoms with E-state index in [-0.39, 0.29) is 0 Å². The first-order chi connectivity index (χ1) is 6.43. The molecular weight excluding hydrogens is 188 g/mol. The van der Waals surface area contributed by atoms with E-state index in [0.717, 1.165) is 45.9 Å². The van der Waals surface area contributed by atoms with Gasteiger partial charge in [0.05, 0.1) is 13.2 Å². The van der Waals surface area contributed by atoms with Crippen molar-refractivity contribution in [1.29, 1.82) is 0 Å². The highest BCUT2D eigenvalue weighted by atomic mass is 35.5. The van der Waals surface area contributed by atoms with E-state index >= 15 is 0 Å². The molecular formula is C9H17ClN2O. The highest BCUT2D eigenvalue weighted by Gasteiger charge is 2.08. The zero-order valence-electron chi connectivity index (χ0n) is 7.84. The van der Waals surface area contributed by atoms with Crippen molar-refractivity contribution in [2.75, 3.05) is 45.9 Å². The molecule has 0 aliphatic carbocycles. The Morgan fingerprint density at radius 1 is 1.38 bits per heavy atom. The molecule has 13 heavy (non-hydrogen) atoms. The number of nitrogens with one attached hydrogen (secondary N) is 1. The van der Waals surface area contributed by atoms with Crippen LogP contribution in [0.25, 0.3) is 0 Å². The summed E-state index contributed by atoms with van der Waals surface area (Å²) in [7, 11) is 0. The second-order valence-corrected chi connectivity index (χ2v) is 3.27. The van der Waals surface area contributed by atoms with Crippen molar-refractivity contribution in [1.82, 2.24) is 10.2 Å². The van der Waals surface area contributed by atoms with Crippen molar-refractivity contribution in [3.05, 3.63) is 11.6 Å². The predicted octanol–water partition coefficient (Wildman–Crippen LogP) is 0.661. The molecule has 3 nitrogen and oxygen atoms in total. The Labute approximate surface area is 84.7 Å². The Morgan fingerprint density at radius 3 is 2.85 bits per heavy atom. The van der Waals surface area contributed by atoms with Crippen LogP contribution in [-0.4, -0.2) is 50.8 Å². The van der Waals surface area contributed by atoms with Crippen molar-refractivity contribution < 1.29 is 4.74 Å². The predicted molar refractivity (Wildman–Crippen MR) is 55.1 cm³/mol. The van der Waals surface area contributed by atoms with E-state index in [4.69, 9.17) is 16.3 Å². The molecule has 1 rings (SSSR count). The van der Waals surface area contributed by atoms with Gasteiger partial charge in [0.2, 0.25) is 0 Å². The summed E-state index contributed by atoms with van der Waals surface area (Å²) in [4.78, 5) is 2.40. The average Bonchev–Trinajstić information content (AvgIpc) is 2.19. The number of hydrogen-bond acceptors (Lipinski definition) is 3. The number of rotatable bonds is 5. The second kappa shape index (κ2) is 7.33. The van der Waals surface area contributed by atoms with Gasteiger partial charge in [0, 0.05) is 38.3 Å². The molecule has 0 aromatic carbocycles. The minimum absolute atomic E-state index is 0.855. The van der Waals surface area contributed by atoms with Crippen molar-refractivity contribution in [2.24, 2.45) is 0 Å². The van der Waals surface area contributed by atoms with E-state index in [1.165, 1.54) is 0 Å². The lowest BCUT2D eigenvalue weighted by Crippen LogP contribution is -2.40. The van der Waals surface area contributed by atoms with Gasteiger partial charge < -0.3 is 10.1 Å². The highest BCUT2D eigenvalue weighted by Crippen LogP contribution is 1.94. The van der Waals surface area contributed by atoms with Crippen LogP contribution < -0.4 is 5.32 Å². The molecule has 0 bridgehead atoms. The van der Waals surface area contributed by atoms with Crippen LogP contribution in [0.3, 0.4) is 0 Å². The Balaban J connectivity index is 1.92. The number of ether oxygens (including phenoxy) is 1. The SMILES string of the molecule is Cl/C=C/CNCCN1CCOCC1. The maximum Gasteiger partial charge on any atom is 0.0594 e. The number of morpholine rings is 1. The molecule has 1 aliphatic rings. The minimum Gasteiger partial charge on any atom is -0.379 e. The van der Waals surface area contributed by atoms with Crippen LogP contribution in [0.1, 0.15) is 0 Å². The first kappa shape index (κ1) is 11.0. The first-order valence-corrected chi connectivity index (χ1v) is 5.13. The lowest BCUT2D eigenvalue weighted by Gasteiger charge is -2.26. The zero-order chi connectivity index (χ0) is 9.36. The van der Waals surface area contributed by atoms with Crippen LogP contribution >= 0.6 is 11.6 Å². The Bertz CT molecular complexity index is 147. The van der Waals surface area contributed by atoms with E-state index in [9.17, 15) is 0 Å². The summed E-state index contributed by atoms with van der Waals surface area (Å²) in [5, 5.41) is 3.28. The zero-order valence-corrected chi connectivity index (χ0v) is 8.59. The van der Waals surface area contributed by atoms with Gasteiger partial charge in [-0.25, -0.2) is 0 Å². The Kier molecular flexibility index (Phi) is 6.19. The van der Waals surface area contributed by atoms with E-state index < -0.39 is 0 Å². The van der Waals surface area contributed by atoms with Gasteiger partial charge in [-0.05, 0) is 0 Å². The molecule has 0 radical (unpaired) electrons. The van der Waals surface area contributed by atoms with Crippen molar-refractivity contribution in [3.63, 3.8) is 0 Å². The number of halogens is 1. The van der Waals surface area contributed by atoms with Crippen LogP contribution in [-0.2, 0) is 4.74 Å². The van der Waals surface area contributed by atoms with Crippen molar-refractivity contribution >= 4 is 11.6 Å². The van der Waals surface area contributed by atoms with Gasteiger partial charge in [0.15, 0.2) is 0 Å². The van der Waals surface area contributed by atoms with Gasteiger partial charge in [-0.15, -0.1) is 0 Å². The molecule has 4 heteroatoms. The summed E-state index contributed by atoms with van der Waals surface area (Å²) in [6.45, 7) is 6.85. The highest BCUT2D eigenvalue weighted by molar-refractivity contribution is 6.25. The van der Waals surface area contributed by atoms with Gasteiger partial charge in [-0.3, -0.25) is 4.90 Å². The lowest BCUT2D eigenvalue weighted by molar-refractivity contribution is 0.0385. The van der Waals surface area contributed by atoms with Gasteiger partial charge in [-0.1, -0.05) is 17.7 Å². The molecule has 0 saturated carbocycles. The fraction of sp³-hybridized carbons (Fsp3) is 0.778. The molecule has 0 unspecified atom stereocenters. The van der Waals surface area contributed by atoms with Gasteiger partial charge in [-0.2, -0.15) is 0 Å². The summed E-state index contributed by atoms with van der Waals surface area (Å²) >= 11 is 5.38. The molecule has 0 aromatic heterocycles. The fourth-order valence-corrected chi connectivity index (χ4v) is 1.38. The first-order valence-electron chi connectivity index (χ1n) is 4.69. The Hall–Kier alpha value is -0.0900. The van der Waals surface area contributed by atoms with E-state index in [0.29, 0.717) is 0 Å². The van der Waals surface area contributed by atoms with Crippen LogP contribution in [0.15, 0.2) is 11.6 Å². The minimum atomic E-state index is 0.855. The van der Waals surface area contributed by atoms with Gasteiger partial charge in [0.25, 0.3) is 0 Å². The second-order valence-electron chi connectivity index (χ2n) is 3.02. The standard InChI is InChI=1S/C9H17ClN2O/c10-2-1-3-11-4-5-12-6-8-13-9-7-12/h1-2,11H,3-9H2/b2-1+. The third-order valence-electron chi connectivity index (χ3n) is 2.06. The topological polar surface area (TPSA) is 24.5 Å². The van der Waals surface area contributed by atoms with E-state index in [1.807, 2.05) is 6.08 Å². The molecule has 1 aliphatic heterocycles. The van der Waals surface area contributed by atoms with Crippen molar-refractivity contribution in [3.8, 4) is 0 Å². The molecule has 0 amide bonds. The lowest BCUT2D eigenvalue weighted by atomic mass is 10.4. The van der Waals surface area contributed by atoms with E-state index in [2.05, 4.69) is 10.2 Å². The summed E-state index contributed by atoms with van der Waals surface area (Å²) in [5.74, 6) is 0. The maximum atomic E-state index is 5.38. The third-order valence-corrected chi connectivity index (χ3v) is 2.24. The smallest absolute Gasteiger partial charge is 0.0594 e. The molecule has 1 heterocycles. The van der Waals surface area contributed by atoms with E-state index in [1.54, 1.807) is 5.54 Å². The summed E-state index contributed by atoms with van der Waals surface area (Å²) in [5.41, 5.74) is 1.54. The average molecular weight is 205 g/mol. The van der Waals surface area contributed by atoms with Crippen LogP contribution in [0, 0.1) is 0 Å². The monoisotopic (exact) mass is 204 g/mol. The van der Waals surface area contributed by atoms with Crippen molar-refractivity contribution in [2.45, 2.75) is 0 Å². The summed E-state index contributed by atoms with van der Waals surface area (Å²) in [6.07, 6.45) is 1.90. The molecule has 0 aromatic rings. The maximum absolute atomic E-state index is 5.38. The molecule has 1 N–H and O–H groups in total. The van der Waals surface area contributed by atoms with Gasteiger partial charge in [0.1, 0.15) is 0 Å². The van der Waals surface area contributed by atoms with Crippen LogP contribution in [0.5, 0.6) is 0 Å².